The summed E-state index contributed by atoms with van der Waals surface area (Å²) in [7, 11) is 0. The first-order chi connectivity index (χ1) is 14.1. The number of nitrogens with two attached hydrogens (primary N) is 2. The molecule has 1 aliphatic rings. The topological polar surface area (TPSA) is 133 Å². The average molecular weight is 476 g/mol. The Morgan fingerprint density at radius 2 is 2.10 bits per heavy atom. The second kappa shape index (κ2) is 8.57. The summed E-state index contributed by atoms with van der Waals surface area (Å²) in [5, 5.41) is 7.88. The fourth-order valence-electron chi connectivity index (χ4n) is 3.92. The summed E-state index contributed by atoms with van der Waals surface area (Å²) in [5.74, 6) is 11.3. The Hall–Kier alpha value is -2.72. The minimum Gasteiger partial charge on any atom is -0.368 e. The van der Waals surface area contributed by atoms with E-state index >= 15 is 0 Å². The molecule has 2 heterocycles. The van der Waals surface area contributed by atoms with Gasteiger partial charge in [0.15, 0.2) is 5.82 Å². The number of hydrogen-bond acceptors (Lipinski definition) is 6. The van der Waals surface area contributed by atoms with Crippen LogP contribution in [0.4, 0.5) is 11.5 Å². The lowest BCUT2D eigenvalue weighted by atomic mass is 9.96. The first-order valence-corrected chi connectivity index (χ1v) is 10.4. The highest BCUT2D eigenvalue weighted by molar-refractivity contribution is 9.10. The van der Waals surface area contributed by atoms with Gasteiger partial charge >= 0.3 is 0 Å². The van der Waals surface area contributed by atoms with Crippen LogP contribution >= 0.6 is 15.9 Å². The van der Waals surface area contributed by atoms with Gasteiger partial charge < -0.3 is 15.7 Å². The number of hydrogen-bond donors (Lipinski definition) is 3. The summed E-state index contributed by atoms with van der Waals surface area (Å²) in [5.41, 5.74) is 3.19. The van der Waals surface area contributed by atoms with E-state index in [1.165, 1.54) is 0 Å². The van der Waals surface area contributed by atoms with Crippen molar-refractivity contribution in [3.63, 3.8) is 0 Å². The molecule has 0 spiro atoms. The van der Waals surface area contributed by atoms with Gasteiger partial charge in [0.1, 0.15) is 0 Å². The van der Waals surface area contributed by atoms with Gasteiger partial charge in [0.2, 0.25) is 0 Å². The highest BCUT2D eigenvalue weighted by Crippen LogP contribution is 2.41. The van der Waals surface area contributed by atoms with Crippen LogP contribution in [0, 0.1) is 6.92 Å². The van der Waals surface area contributed by atoms with Crippen molar-refractivity contribution in [2.75, 3.05) is 11.4 Å². The first-order valence-electron chi connectivity index (χ1n) is 9.64. The fourth-order valence-corrected chi connectivity index (χ4v) is 4.36. The van der Waals surface area contributed by atoms with Crippen LogP contribution < -0.4 is 22.1 Å². The van der Waals surface area contributed by atoms with Gasteiger partial charge in [-0.2, -0.15) is 0 Å². The normalized spacial score (nSPS) is 15.8. The third kappa shape index (κ3) is 4.10. The van der Waals surface area contributed by atoms with Crippen molar-refractivity contribution >= 4 is 33.3 Å². The molecule has 0 saturated carbocycles. The number of nitrogens with zero attached hydrogens (tertiary/aromatic N) is 4. The number of aromatic nitrogens is 1. The maximum absolute atomic E-state index is 13.3. The van der Waals surface area contributed by atoms with E-state index in [9.17, 15) is 9.59 Å². The number of rotatable bonds is 5. The number of benzene rings is 1. The molecule has 0 aliphatic carbocycles. The molecule has 160 valence electrons. The predicted octanol–water partition coefficient (Wildman–Crippen LogP) is 3.25. The van der Waals surface area contributed by atoms with E-state index in [0.717, 1.165) is 27.3 Å². The number of H-pyrrole nitrogens is 1. The second-order valence-corrected chi connectivity index (χ2v) is 8.74. The molecule has 30 heavy (non-hydrogen) atoms. The number of fused-ring (bicyclic) bond motifs is 1. The lowest BCUT2D eigenvalue weighted by Gasteiger charge is -2.25. The molecule has 1 amide bonds. The Balaban J connectivity index is 1.95. The number of carbonyl (C=O) groups is 1. The van der Waals surface area contributed by atoms with E-state index in [-0.39, 0.29) is 29.7 Å². The SMILES string of the molecule is Cc1cc(N=NN)[nH]c(=O)c1CN(N)C(=O)c1cc(Br)cc2c1C(C)CN2C(C)C. The van der Waals surface area contributed by atoms with Crippen molar-refractivity contribution in [2.24, 2.45) is 22.0 Å². The van der Waals surface area contributed by atoms with E-state index in [1.807, 2.05) is 6.07 Å². The largest absolute Gasteiger partial charge is 0.368 e. The molecule has 2 aromatic rings. The number of hydrazine groups is 1. The third-order valence-corrected chi connectivity index (χ3v) is 5.81. The maximum Gasteiger partial charge on any atom is 0.268 e. The van der Waals surface area contributed by atoms with Gasteiger partial charge in [0.05, 0.1) is 6.54 Å². The molecule has 10 heteroatoms. The van der Waals surface area contributed by atoms with Crippen molar-refractivity contribution in [1.29, 1.82) is 0 Å². The Kier molecular flexibility index (Phi) is 6.27. The number of amides is 1. The van der Waals surface area contributed by atoms with Crippen LogP contribution in [0.3, 0.4) is 0 Å². The summed E-state index contributed by atoms with van der Waals surface area (Å²) in [6, 6.07) is 5.77. The van der Waals surface area contributed by atoms with Crippen LogP contribution in [0.5, 0.6) is 0 Å². The number of pyridine rings is 1. The van der Waals surface area contributed by atoms with Crippen LogP contribution in [0.1, 0.15) is 53.7 Å². The molecule has 1 atom stereocenters. The number of aromatic amines is 1. The molecule has 3 rings (SSSR count). The van der Waals surface area contributed by atoms with Gasteiger partial charge in [-0.3, -0.25) is 14.6 Å². The van der Waals surface area contributed by atoms with Crippen LogP contribution in [0.2, 0.25) is 0 Å². The minimum absolute atomic E-state index is 0.0381. The van der Waals surface area contributed by atoms with E-state index < -0.39 is 0 Å². The smallest absolute Gasteiger partial charge is 0.268 e. The highest BCUT2D eigenvalue weighted by Gasteiger charge is 2.33. The lowest BCUT2D eigenvalue weighted by Crippen LogP contribution is -2.39. The minimum atomic E-state index is -0.389. The van der Waals surface area contributed by atoms with E-state index in [4.69, 9.17) is 11.7 Å². The van der Waals surface area contributed by atoms with E-state index in [0.29, 0.717) is 22.7 Å². The van der Waals surface area contributed by atoms with E-state index in [2.05, 4.69) is 56.9 Å². The first kappa shape index (κ1) is 22.0. The molecule has 1 aromatic carbocycles. The number of carbonyl (C=O) groups excluding carboxylic acids is 1. The molecule has 1 unspecified atom stereocenters. The maximum atomic E-state index is 13.3. The third-order valence-electron chi connectivity index (χ3n) is 5.35. The molecule has 1 aromatic heterocycles. The quantitative estimate of drug-likeness (QED) is 0.264. The Bertz CT molecular complexity index is 1060. The zero-order chi connectivity index (χ0) is 22.2. The number of halogens is 1. The lowest BCUT2D eigenvalue weighted by molar-refractivity contribution is 0.0741. The zero-order valence-electron chi connectivity index (χ0n) is 17.4. The molecule has 0 saturated heterocycles. The van der Waals surface area contributed by atoms with Crippen LogP contribution in [-0.2, 0) is 6.54 Å². The molecule has 9 nitrogen and oxygen atoms in total. The van der Waals surface area contributed by atoms with Crippen LogP contribution in [0.15, 0.2) is 37.8 Å². The molecular formula is C20H26BrN7O2. The Labute approximate surface area is 183 Å². The zero-order valence-corrected chi connectivity index (χ0v) is 19.0. The van der Waals surface area contributed by atoms with Crippen molar-refractivity contribution in [3.05, 3.63) is 55.3 Å². The summed E-state index contributed by atoms with van der Waals surface area (Å²) in [6.07, 6.45) is 0. The van der Waals surface area contributed by atoms with Gasteiger partial charge in [0, 0.05) is 39.8 Å². The highest BCUT2D eigenvalue weighted by atomic mass is 79.9. The number of anilines is 1. The van der Waals surface area contributed by atoms with Crippen molar-refractivity contribution in [2.45, 2.75) is 46.2 Å². The number of aryl methyl sites for hydroxylation is 1. The summed E-state index contributed by atoms with van der Waals surface area (Å²) in [6.45, 7) is 8.91. The summed E-state index contributed by atoms with van der Waals surface area (Å²) in [4.78, 5) is 30.6. The molecular weight excluding hydrogens is 450 g/mol. The summed E-state index contributed by atoms with van der Waals surface area (Å²) >= 11 is 3.52. The van der Waals surface area contributed by atoms with Crippen LogP contribution in [-0.4, -0.2) is 28.5 Å². The van der Waals surface area contributed by atoms with Crippen molar-refractivity contribution < 1.29 is 4.79 Å². The predicted molar refractivity (Wildman–Crippen MR) is 120 cm³/mol. The fraction of sp³-hybridized carbons (Fsp3) is 0.400. The molecule has 5 N–H and O–H groups in total. The standard InChI is InChI=1S/C20H26BrN7O2/c1-10(2)27-8-12(4)18-14(6-13(21)7-16(18)27)20(30)28(23)9-15-11(3)5-17(25-26-22)24-19(15)29/h5-7,10,12H,8-9,23H2,1-4H3,(H3,22,24,25,29). The Morgan fingerprint density at radius 3 is 2.70 bits per heavy atom. The van der Waals surface area contributed by atoms with Gasteiger partial charge in [-0.25, -0.2) is 5.84 Å². The second-order valence-electron chi connectivity index (χ2n) is 7.83. The summed E-state index contributed by atoms with van der Waals surface area (Å²) < 4.78 is 0.809. The van der Waals surface area contributed by atoms with Gasteiger partial charge in [-0.15, -0.1) is 5.11 Å². The van der Waals surface area contributed by atoms with Crippen molar-refractivity contribution in [1.82, 2.24) is 9.99 Å². The average Bonchev–Trinajstić information content (AvgIpc) is 3.00. The van der Waals surface area contributed by atoms with Crippen LogP contribution in [0.25, 0.3) is 0 Å². The number of nitrogens with one attached hydrogen (secondary N) is 1. The molecule has 0 fully saturated rings. The van der Waals surface area contributed by atoms with Crippen molar-refractivity contribution in [3.8, 4) is 0 Å². The molecule has 1 aliphatic heterocycles. The van der Waals surface area contributed by atoms with Gasteiger partial charge in [-0.05, 0) is 50.1 Å². The monoisotopic (exact) mass is 475 g/mol. The molecule has 0 bridgehead atoms. The van der Waals surface area contributed by atoms with E-state index in [1.54, 1.807) is 19.1 Å². The van der Waals surface area contributed by atoms with Gasteiger partial charge in [-0.1, -0.05) is 28.1 Å². The van der Waals surface area contributed by atoms with Gasteiger partial charge in [0.25, 0.3) is 11.5 Å². The molecule has 0 radical (unpaired) electrons. The Morgan fingerprint density at radius 1 is 1.40 bits per heavy atom.